The molecule has 0 aliphatic carbocycles. The first kappa shape index (κ1) is 19.5. The van der Waals surface area contributed by atoms with Gasteiger partial charge < -0.3 is 9.47 Å². The van der Waals surface area contributed by atoms with E-state index in [-0.39, 0.29) is 21.9 Å². The van der Waals surface area contributed by atoms with Crippen molar-refractivity contribution in [3.8, 4) is 11.5 Å². The van der Waals surface area contributed by atoms with Crippen LogP contribution in [-0.2, 0) is 0 Å². The molecule has 0 heterocycles. The van der Waals surface area contributed by atoms with Crippen LogP contribution in [-0.4, -0.2) is 18.9 Å². The van der Waals surface area contributed by atoms with E-state index < -0.39 is 5.97 Å². The van der Waals surface area contributed by atoms with E-state index in [1.807, 2.05) is 13.0 Å². The van der Waals surface area contributed by atoms with E-state index in [4.69, 9.17) is 21.1 Å². The molecule has 6 heteroatoms. The predicted octanol–water partition coefficient (Wildman–Crippen LogP) is 5.62. The molecule has 2 aromatic rings. The van der Waals surface area contributed by atoms with Gasteiger partial charge in [-0.2, -0.15) is 0 Å². The topological polar surface area (TPSA) is 52.6 Å². The van der Waals surface area contributed by atoms with Crippen molar-refractivity contribution in [2.24, 2.45) is 0 Å². The van der Waals surface area contributed by atoms with Crippen molar-refractivity contribution in [1.82, 2.24) is 0 Å². The van der Waals surface area contributed by atoms with Crippen LogP contribution in [0.1, 0.15) is 46.0 Å². The van der Waals surface area contributed by atoms with E-state index in [1.54, 1.807) is 31.2 Å². The number of ether oxygens (including phenoxy) is 2. The van der Waals surface area contributed by atoms with Gasteiger partial charge in [0.05, 0.1) is 21.7 Å². The van der Waals surface area contributed by atoms with E-state index in [0.717, 1.165) is 12.8 Å². The first-order valence-electron chi connectivity index (χ1n) is 7.88. The number of hydrogen-bond acceptors (Lipinski definition) is 4. The first-order chi connectivity index (χ1) is 12.0. The maximum atomic E-state index is 12.7. The standard InChI is InChI=1S/C19H18BrClO4/c1-3-4-10-24-18-15(12(2)17(21)14(11-22)16(18)20)19(23)25-13-8-6-5-7-9-13/h5-9,11H,3-4,10H2,1-2H3. The molecule has 0 N–H and O–H groups in total. The van der Waals surface area contributed by atoms with Gasteiger partial charge in [0.15, 0.2) is 6.29 Å². The lowest BCUT2D eigenvalue weighted by molar-refractivity contribution is 0.0728. The van der Waals surface area contributed by atoms with E-state index in [0.29, 0.717) is 28.7 Å². The van der Waals surface area contributed by atoms with Crippen LogP contribution in [0.2, 0.25) is 5.02 Å². The van der Waals surface area contributed by atoms with Crippen LogP contribution < -0.4 is 9.47 Å². The van der Waals surface area contributed by atoms with Crippen LogP contribution in [0, 0.1) is 6.92 Å². The summed E-state index contributed by atoms with van der Waals surface area (Å²) in [7, 11) is 0. The molecule has 0 saturated heterocycles. The van der Waals surface area contributed by atoms with Gasteiger partial charge in [-0.05, 0) is 47.0 Å². The van der Waals surface area contributed by atoms with E-state index in [9.17, 15) is 9.59 Å². The summed E-state index contributed by atoms with van der Waals surface area (Å²) in [5, 5.41) is 0.199. The monoisotopic (exact) mass is 424 g/mol. The zero-order valence-corrected chi connectivity index (χ0v) is 16.3. The summed E-state index contributed by atoms with van der Waals surface area (Å²) in [5.74, 6) is 0.103. The summed E-state index contributed by atoms with van der Waals surface area (Å²) in [4.78, 5) is 24.1. The Morgan fingerprint density at radius 1 is 1.28 bits per heavy atom. The summed E-state index contributed by atoms with van der Waals surface area (Å²) < 4.78 is 11.6. The fraction of sp³-hybridized carbons (Fsp3) is 0.263. The molecule has 0 aliphatic rings. The summed E-state index contributed by atoms with van der Waals surface area (Å²) in [6.45, 7) is 4.11. The van der Waals surface area contributed by atoms with Crippen molar-refractivity contribution in [2.75, 3.05) is 6.61 Å². The Kier molecular flexibility index (Phi) is 7.02. The minimum atomic E-state index is -0.588. The van der Waals surface area contributed by atoms with Gasteiger partial charge in [0, 0.05) is 0 Å². The van der Waals surface area contributed by atoms with Gasteiger partial charge in [-0.15, -0.1) is 0 Å². The molecule has 0 bridgehead atoms. The SMILES string of the molecule is CCCCOc1c(Br)c(C=O)c(Cl)c(C)c1C(=O)Oc1ccccc1. The number of carbonyl (C=O) groups excluding carboxylic acids is 2. The van der Waals surface area contributed by atoms with E-state index in [1.165, 1.54) is 0 Å². The lowest BCUT2D eigenvalue weighted by Gasteiger charge is -2.18. The molecule has 0 aliphatic heterocycles. The fourth-order valence-corrected chi connectivity index (χ4v) is 3.21. The predicted molar refractivity (Wildman–Crippen MR) is 101 cm³/mol. The lowest BCUT2D eigenvalue weighted by Crippen LogP contribution is -2.15. The number of esters is 1. The average molecular weight is 426 g/mol. The maximum Gasteiger partial charge on any atom is 0.347 e. The van der Waals surface area contributed by atoms with Gasteiger partial charge in [0.2, 0.25) is 0 Å². The maximum absolute atomic E-state index is 12.7. The highest BCUT2D eigenvalue weighted by molar-refractivity contribution is 9.10. The number of halogens is 2. The summed E-state index contributed by atoms with van der Waals surface area (Å²) in [6.07, 6.45) is 2.39. The molecule has 0 aromatic heterocycles. The first-order valence-corrected chi connectivity index (χ1v) is 9.05. The van der Waals surface area contributed by atoms with Gasteiger partial charge in [-0.25, -0.2) is 4.79 Å². The number of unbranched alkanes of at least 4 members (excludes halogenated alkanes) is 1. The summed E-state index contributed by atoms with van der Waals surface area (Å²) in [5.41, 5.74) is 0.906. The van der Waals surface area contributed by atoms with Gasteiger partial charge in [0.25, 0.3) is 0 Å². The molecule has 0 spiro atoms. The summed E-state index contributed by atoms with van der Waals surface area (Å²) in [6, 6.07) is 8.73. The number of aldehydes is 1. The molecule has 0 fully saturated rings. The molecule has 2 aromatic carbocycles. The Morgan fingerprint density at radius 2 is 1.96 bits per heavy atom. The Morgan fingerprint density at radius 3 is 2.56 bits per heavy atom. The molecule has 2 rings (SSSR count). The Hall–Kier alpha value is -1.85. The normalized spacial score (nSPS) is 10.4. The molecular formula is C19H18BrClO4. The minimum absolute atomic E-state index is 0.199. The zero-order chi connectivity index (χ0) is 18.4. The highest BCUT2D eigenvalue weighted by Crippen LogP contribution is 2.40. The third kappa shape index (κ3) is 4.41. The Bertz CT molecular complexity index is 775. The van der Waals surface area contributed by atoms with Gasteiger partial charge >= 0.3 is 5.97 Å². The molecule has 25 heavy (non-hydrogen) atoms. The number of benzene rings is 2. The number of para-hydroxylation sites is 1. The van der Waals surface area contributed by atoms with Crippen molar-refractivity contribution in [3.05, 3.63) is 56.5 Å². The van der Waals surface area contributed by atoms with Crippen LogP contribution in [0.25, 0.3) is 0 Å². The smallest absolute Gasteiger partial charge is 0.347 e. The second-order valence-corrected chi connectivity index (χ2v) is 6.56. The summed E-state index contributed by atoms with van der Waals surface area (Å²) >= 11 is 9.59. The molecule has 0 unspecified atom stereocenters. The molecule has 4 nitrogen and oxygen atoms in total. The van der Waals surface area contributed by atoms with Crippen molar-refractivity contribution in [3.63, 3.8) is 0 Å². The highest BCUT2D eigenvalue weighted by Gasteiger charge is 2.26. The molecule has 132 valence electrons. The van der Waals surface area contributed by atoms with E-state index in [2.05, 4.69) is 15.9 Å². The Labute approximate surface area is 160 Å². The second-order valence-electron chi connectivity index (χ2n) is 5.39. The molecular weight excluding hydrogens is 408 g/mol. The third-order valence-corrected chi connectivity index (χ3v) is 4.90. The molecule has 0 atom stereocenters. The largest absolute Gasteiger partial charge is 0.491 e. The third-order valence-electron chi connectivity index (χ3n) is 3.62. The van der Waals surface area contributed by atoms with Gasteiger partial charge in [0.1, 0.15) is 17.1 Å². The zero-order valence-electron chi connectivity index (χ0n) is 14.0. The van der Waals surface area contributed by atoms with Crippen molar-refractivity contribution < 1.29 is 19.1 Å². The fourth-order valence-electron chi connectivity index (χ4n) is 2.26. The minimum Gasteiger partial charge on any atom is -0.491 e. The van der Waals surface area contributed by atoms with Crippen LogP contribution in [0.3, 0.4) is 0 Å². The van der Waals surface area contributed by atoms with Crippen molar-refractivity contribution in [1.29, 1.82) is 0 Å². The van der Waals surface area contributed by atoms with Crippen molar-refractivity contribution >= 4 is 39.8 Å². The molecule has 0 radical (unpaired) electrons. The second kappa shape index (κ2) is 9.02. The van der Waals surface area contributed by atoms with Crippen molar-refractivity contribution in [2.45, 2.75) is 26.7 Å². The van der Waals surface area contributed by atoms with Crippen LogP contribution in [0.4, 0.5) is 0 Å². The number of hydrogen-bond donors (Lipinski definition) is 0. The quantitative estimate of drug-likeness (QED) is 0.250. The van der Waals surface area contributed by atoms with Crippen LogP contribution in [0.15, 0.2) is 34.8 Å². The number of carbonyl (C=O) groups is 2. The van der Waals surface area contributed by atoms with Gasteiger partial charge in [-0.3, -0.25) is 4.79 Å². The van der Waals surface area contributed by atoms with Crippen LogP contribution in [0.5, 0.6) is 11.5 Å². The number of rotatable bonds is 7. The van der Waals surface area contributed by atoms with Crippen LogP contribution >= 0.6 is 27.5 Å². The molecule has 0 saturated carbocycles. The highest BCUT2D eigenvalue weighted by atomic mass is 79.9. The van der Waals surface area contributed by atoms with E-state index >= 15 is 0 Å². The average Bonchev–Trinajstić information content (AvgIpc) is 2.61. The van der Waals surface area contributed by atoms with Gasteiger partial charge in [-0.1, -0.05) is 43.1 Å². The lowest BCUT2D eigenvalue weighted by atomic mass is 10.0. The molecule has 0 amide bonds. The Balaban J connectivity index is 2.49.